The third-order valence-corrected chi connectivity index (χ3v) is 8.17. The molecular formula is C39H34N2O. The molecule has 2 heterocycles. The second kappa shape index (κ2) is 10.5. The van der Waals surface area contributed by atoms with Crippen molar-refractivity contribution in [1.82, 2.24) is 9.55 Å². The molecule has 0 spiro atoms. The Labute approximate surface area is 247 Å². The number of furan rings is 1. The van der Waals surface area contributed by atoms with Gasteiger partial charge in [-0.05, 0) is 64.4 Å². The first-order chi connectivity index (χ1) is 20.5. The lowest BCUT2D eigenvalue weighted by atomic mass is 9.92. The van der Waals surface area contributed by atoms with Crippen LogP contribution in [0.4, 0.5) is 0 Å². The van der Waals surface area contributed by atoms with Crippen molar-refractivity contribution in [3.05, 3.63) is 132 Å². The molecule has 0 aliphatic heterocycles. The number of para-hydroxylation sites is 3. The Kier molecular flexibility index (Phi) is 6.51. The molecule has 0 saturated heterocycles. The monoisotopic (exact) mass is 546 g/mol. The minimum atomic E-state index is 0.355. The van der Waals surface area contributed by atoms with E-state index in [4.69, 9.17) is 9.40 Å². The highest BCUT2D eigenvalue weighted by Gasteiger charge is 2.23. The van der Waals surface area contributed by atoms with Gasteiger partial charge in [-0.1, -0.05) is 119 Å². The molecule has 7 aromatic rings. The van der Waals surface area contributed by atoms with Crippen LogP contribution in [0.3, 0.4) is 0 Å². The van der Waals surface area contributed by atoms with Crippen LogP contribution in [-0.2, 0) is 0 Å². The molecular weight excluding hydrogens is 512 g/mol. The second-order valence-corrected chi connectivity index (χ2v) is 11.6. The van der Waals surface area contributed by atoms with Crippen molar-refractivity contribution in [3.8, 4) is 39.5 Å². The average Bonchev–Trinajstić information content (AvgIpc) is 3.63. The van der Waals surface area contributed by atoms with Crippen molar-refractivity contribution < 1.29 is 4.42 Å². The van der Waals surface area contributed by atoms with Gasteiger partial charge in [0.2, 0.25) is 0 Å². The van der Waals surface area contributed by atoms with E-state index in [0.717, 1.165) is 55.8 Å². The van der Waals surface area contributed by atoms with Crippen molar-refractivity contribution in [2.75, 3.05) is 0 Å². The highest BCUT2D eigenvalue weighted by molar-refractivity contribution is 6.00. The molecule has 0 N–H and O–H groups in total. The number of aromatic nitrogens is 2. The lowest BCUT2D eigenvalue weighted by molar-refractivity contribution is 0.631. The highest BCUT2D eigenvalue weighted by atomic mass is 16.3. The Bertz CT molecular complexity index is 2000. The molecule has 7 rings (SSSR count). The molecule has 206 valence electrons. The summed E-state index contributed by atoms with van der Waals surface area (Å²) >= 11 is 0. The van der Waals surface area contributed by atoms with Crippen LogP contribution >= 0.6 is 0 Å². The minimum absolute atomic E-state index is 0.355. The Morgan fingerprint density at radius 1 is 0.595 bits per heavy atom. The number of benzene rings is 5. The fourth-order valence-electron chi connectivity index (χ4n) is 6.09. The van der Waals surface area contributed by atoms with Gasteiger partial charge in [0.15, 0.2) is 0 Å². The molecule has 0 unspecified atom stereocenters. The third-order valence-electron chi connectivity index (χ3n) is 8.17. The van der Waals surface area contributed by atoms with Gasteiger partial charge in [-0.25, -0.2) is 4.98 Å². The van der Waals surface area contributed by atoms with Crippen molar-refractivity contribution in [2.45, 2.75) is 39.5 Å². The van der Waals surface area contributed by atoms with Gasteiger partial charge in [0.05, 0.1) is 16.7 Å². The zero-order valence-electron chi connectivity index (χ0n) is 24.5. The molecule has 3 heteroatoms. The lowest BCUT2D eigenvalue weighted by Crippen LogP contribution is -2.08. The summed E-state index contributed by atoms with van der Waals surface area (Å²) in [7, 11) is 0. The number of imidazole rings is 1. The smallest absolute Gasteiger partial charge is 0.145 e. The Morgan fingerprint density at radius 2 is 1.21 bits per heavy atom. The zero-order chi connectivity index (χ0) is 28.8. The number of fused-ring (bicyclic) bond motifs is 2. The average molecular weight is 547 g/mol. The van der Waals surface area contributed by atoms with Crippen molar-refractivity contribution in [1.29, 1.82) is 0 Å². The first-order valence-electron chi connectivity index (χ1n) is 14.8. The summed E-state index contributed by atoms with van der Waals surface area (Å²) in [6.45, 7) is 9.09. The molecule has 0 saturated carbocycles. The maximum atomic E-state index is 6.58. The molecule has 0 amide bonds. The van der Waals surface area contributed by atoms with Crippen molar-refractivity contribution >= 4 is 22.0 Å². The predicted octanol–water partition coefficient (Wildman–Crippen LogP) is 11.0. The van der Waals surface area contributed by atoms with Gasteiger partial charge in [-0.3, -0.25) is 4.57 Å². The molecule has 42 heavy (non-hydrogen) atoms. The molecule has 0 aliphatic carbocycles. The standard InChI is InChI=1S/C39H34N2O/c1-25(2)30-18-13-19-31(26(3)4)38(30)41-35-21-12-11-20-34(35)40-39(41)29-22-32(27-14-7-5-8-15-27)33-24-36(42-37(33)23-29)28-16-9-6-10-17-28/h5-26H,1-4H3. The SMILES string of the molecule is CC(C)c1cccc(C(C)C)c1-n1c(-c2cc(-c3ccccc3)c3cc(-c4ccccc4)oc3c2)nc2ccccc21. The fraction of sp³-hybridized carbons (Fsp3) is 0.154. The maximum Gasteiger partial charge on any atom is 0.145 e. The largest absolute Gasteiger partial charge is 0.456 e. The summed E-state index contributed by atoms with van der Waals surface area (Å²) < 4.78 is 8.97. The second-order valence-electron chi connectivity index (χ2n) is 11.6. The molecule has 0 fully saturated rings. The quantitative estimate of drug-likeness (QED) is 0.208. The van der Waals surface area contributed by atoms with Gasteiger partial charge >= 0.3 is 0 Å². The molecule has 0 atom stereocenters. The van der Waals surface area contributed by atoms with Crippen LogP contribution in [0.1, 0.15) is 50.7 Å². The Hall–Kier alpha value is -4.89. The van der Waals surface area contributed by atoms with E-state index in [1.807, 2.05) is 18.2 Å². The van der Waals surface area contributed by atoms with Crippen molar-refractivity contribution in [2.24, 2.45) is 0 Å². The van der Waals surface area contributed by atoms with Crippen molar-refractivity contribution in [3.63, 3.8) is 0 Å². The van der Waals surface area contributed by atoms with Gasteiger partial charge in [0, 0.05) is 16.5 Å². The van der Waals surface area contributed by atoms with E-state index in [9.17, 15) is 0 Å². The number of hydrogen-bond donors (Lipinski definition) is 0. The molecule has 0 radical (unpaired) electrons. The molecule has 0 aliphatic rings. The Balaban J connectivity index is 1.56. The number of nitrogens with zero attached hydrogens (tertiary/aromatic N) is 2. The molecule has 0 bridgehead atoms. The van der Waals surface area contributed by atoms with E-state index in [-0.39, 0.29) is 0 Å². The summed E-state index contributed by atoms with van der Waals surface area (Å²) in [5.74, 6) is 2.49. The third kappa shape index (κ3) is 4.42. The lowest BCUT2D eigenvalue weighted by Gasteiger charge is -2.22. The number of hydrogen-bond acceptors (Lipinski definition) is 2. The van der Waals surface area contributed by atoms with Crippen LogP contribution in [0.15, 0.2) is 126 Å². The summed E-state index contributed by atoms with van der Waals surface area (Å²) in [5, 5.41) is 1.09. The topological polar surface area (TPSA) is 31.0 Å². The normalized spacial score (nSPS) is 11.8. The fourth-order valence-corrected chi connectivity index (χ4v) is 6.09. The number of rotatable bonds is 6. The summed E-state index contributed by atoms with van der Waals surface area (Å²) in [6, 6.07) is 42.7. The van der Waals surface area contributed by atoms with E-state index in [0.29, 0.717) is 11.8 Å². The molecule has 5 aromatic carbocycles. The zero-order valence-corrected chi connectivity index (χ0v) is 24.5. The first-order valence-corrected chi connectivity index (χ1v) is 14.8. The first kappa shape index (κ1) is 26.0. The van der Waals surface area contributed by atoms with E-state index < -0.39 is 0 Å². The predicted molar refractivity (Wildman–Crippen MR) is 175 cm³/mol. The summed E-state index contributed by atoms with van der Waals surface area (Å²) in [5.41, 5.74) is 11.2. The van der Waals surface area contributed by atoms with Crippen LogP contribution in [-0.4, -0.2) is 9.55 Å². The van der Waals surface area contributed by atoms with Gasteiger partial charge in [0.1, 0.15) is 17.2 Å². The van der Waals surface area contributed by atoms with E-state index in [1.54, 1.807) is 0 Å². The van der Waals surface area contributed by atoms with Gasteiger partial charge in [-0.15, -0.1) is 0 Å². The molecule has 3 nitrogen and oxygen atoms in total. The van der Waals surface area contributed by atoms with Crippen LogP contribution in [0.2, 0.25) is 0 Å². The van der Waals surface area contributed by atoms with Crippen LogP contribution in [0.25, 0.3) is 61.5 Å². The van der Waals surface area contributed by atoms with E-state index in [1.165, 1.54) is 16.8 Å². The molecule has 2 aromatic heterocycles. The summed E-state index contributed by atoms with van der Waals surface area (Å²) in [4.78, 5) is 5.29. The Morgan fingerprint density at radius 3 is 1.88 bits per heavy atom. The van der Waals surface area contributed by atoms with Crippen LogP contribution in [0.5, 0.6) is 0 Å². The highest BCUT2D eigenvalue weighted by Crippen LogP contribution is 2.41. The maximum absolute atomic E-state index is 6.58. The summed E-state index contributed by atoms with van der Waals surface area (Å²) in [6.07, 6.45) is 0. The minimum Gasteiger partial charge on any atom is -0.456 e. The van der Waals surface area contributed by atoms with Gasteiger partial charge in [0.25, 0.3) is 0 Å². The van der Waals surface area contributed by atoms with E-state index >= 15 is 0 Å². The van der Waals surface area contributed by atoms with Gasteiger partial charge in [-0.2, -0.15) is 0 Å². The van der Waals surface area contributed by atoms with Crippen LogP contribution < -0.4 is 0 Å². The van der Waals surface area contributed by atoms with Gasteiger partial charge < -0.3 is 4.42 Å². The van der Waals surface area contributed by atoms with Crippen LogP contribution in [0, 0.1) is 0 Å². The van der Waals surface area contributed by atoms with E-state index in [2.05, 4.69) is 135 Å².